The largest absolute Gasteiger partial charge is 0.356 e. The third-order valence-corrected chi connectivity index (χ3v) is 5.00. The molecule has 0 aliphatic carbocycles. The SMILES string of the molecule is CN1CCN(C(=O)N2CCC3(CCCNC3=O)C2)CC1. The molecule has 112 valence electrons. The molecule has 0 radical (unpaired) electrons. The summed E-state index contributed by atoms with van der Waals surface area (Å²) in [5.74, 6) is 0.150. The lowest BCUT2D eigenvalue weighted by Gasteiger charge is -2.36. The van der Waals surface area contributed by atoms with Gasteiger partial charge < -0.3 is 20.0 Å². The molecule has 1 spiro atoms. The molecule has 0 aromatic carbocycles. The molecule has 3 heterocycles. The highest BCUT2D eigenvalue weighted by molar-refractivity contribution is 5.85. The van der Waals surface area contributed by atoms with Gasteiger partial charge in [-0.1, -0.05) is 0 Å². The minimum Gasteiger partial charge on any atom is -0.356 e. The van der Waals surface area contributed by atoms with Crippen LogP contribution in [-0.2, 0) is 4.79 Å². The van der Waals surface area contributed by atoms with Crippen molar-refractivity contribution in [2.24, 2.45) is 5.41 Å². The number of carbonyl (C=O) groups is 2. The van der Waals surface area contributed by atoms with Gasteiger partial charge in [0.25, 0.3) is 0 Å². The van der Waals surface area contributed by atoms with E-state index in [1.54, 1.807) is 0 Å². The molecule has 1 atom stereocenters. The van der Waals surface area contributed by atoms with Crippen molar-refractivity contribution in [3.8, 4) is 0 Å². The van der Waals surface area contributed by atoms with Crippen LogP contribution in [0.3, 0.4) is 0 Å². The van der Waals surface area contributed by atoms with Crippen LogP contribution in [0.5, 0.6) is 0 Å². The van der Waals surface area contributed by atoms with E-state index in [0.717, 1.165) is 58.5 Å². The van der Waals surface area contributed by atoms with Crippen LogP contribution in [0.1, 0.15) is 19.3 Å². The molecule has 1 unspecified atom stereocenters. The molecular weight excluding hydrogens is 256 g/mol. The number of carbonyl (C=O) groups excluding carboxylic acids is 2. The topological polar surface area (TPSA) is 55.9 Å². The summed E-state index contributed by atoms with van der Waals surface area (Å²) in [5.41, 5.74) is -0.305. The molecule has 6 heteroatoms. The van der Waals surface area contributed by atoms with Gasteiger partial charge in [-0.2, -0.15) is 0 Å². The number of piperazine rings is 1. The van der Waals surface area contributed by atoms with Gasteiger partial charge in [-0.25, -0.2) is 4.79 Å². The summed E-state index contributed by atoms with van der Waals surface area (Å²) in [6.45, 7) is 5.57. The lowest BCUT2D eigenvalue weighted by molar-refractivity contribution is -0.132. The average Bonchev–Trinajstić information content (AvgIpc) is 2.88. The number of rotatable bonds is 0. The van der Waals surface area contributed by atoms with Crippen molar-refractivity contribution < 1.29 is 9.59 Å². The lowest BCUT2D eigenvalue weighted by Crippen LogP contribution is -2.53. The summed E-state index contributed by atoms with van der Waals surface area (Å²) in [4.78, 5) is 30.7. The van der Waals surface area contributed by atoms with Crippen molar-refractivity contribution in [1.82, 2.24) is 20.0 Å². The number of amides is 3. The summed E-state index contributed by atoms with van der Waals surface area (Å²) in [6.07, 6.45) is 2.77. The van der Waals surface area contributed by atoms with Crippen molar-refractivity contribution in [3.05, 3.63) is 0 Å². The van der Waals surface area contributed by atoms with Gasteiger partial charge in [0.1, 0.15) is 0 Å². The molecule has 6 nitrogen and oxygen atoms in total. The first kappa shape index (κ1) is 13.7. The van der Waals surface area contributed by atoms with Crippen molar-refractivity contribution in [2.75, 3.05) is 52.9 Å². The molecule has 0 saturated carbocycles. The summed E-state index contributed by atoms with van der Waals surface area (Å²) in [7, 11) is 2.08. The molecule has 3 fully saturated rings. The van der Waals surface area contributed by atoms with Gasteiger partial charge in [0.2, 0.25) is 5.91 Å². The van der Waals surface area contributed by atoms with E-state index in [1.165, 1.54) is 0 Å². The monoisotopic (exact) mass is 280 g/mol. The number of likely N-dealkylation sites (N-methyl/N-ethyl adjacent to an activating group) is 1. The molecule has 0 aromatic rings. The van der Waals surface area contributed by atoms with Gasteiger partial charge >= 0.3 is 6.03 Å². The van der Waals surface area contributed by atoms with E-state index in [4.69, 9.17) is 0 Å². The summed E-state index contributed by atoms with van der Waals surface area (Å²) < 4.78 is 0. The zero-order valence-corrected chi connectivity index (χ0v) is 12.2. The Labute approximate surface area is 120 Å². The van der Waals surface area contributed by atoms with Crippen molar-refractivity contribution in [3.63, 3.8) is 0 Å². The third kappa shape index (κ3) is 2.37. The second-order valence-electron chi connectivity index (χ2n) is 6.38. The number of likely N-dealkylation sites (tertiary alicyclic amines) is 1. The Morgan fingerprint density at radius 3 is 2.55 bits per heavy atom. The number of piperidine rings is 1. The fourth-order valence-electron chi connectivity index (χ4n) is 3.55. The van der Waals surface area contributed by atoms with Crippen LogP contribution in [0.4, 0.5) is 4.79 Å². The number of nitrogens with one attached hydrogen (secondary N) is 1. The minimum absolute atomic E-state index is 0.119. The van der Waals surface area contributed by atoms with Crippen LogP contribution < -0.4 is 5.32 Å². The Morgan fingerprint density at radius 1 is 1.10 bits per heavy atom. The van der Waals surface area contributed by atoms with Gasteiger partial charge in [-0.3, -0.25) is 4.79 Å². The fraction of sp³-hybridized carbons (Fsp3) is 0.857. The molecule has 3 aliphatic rings. The minimum atomic E-state index is -0.305. The van der Waals surface area contributed by atoms with Crippen molar-refractivity contribution >= 4 is 11.9 Å². The van der Waals surface area contributed by atoms with Gasteiger partial charge in [0.15, 0.2) is 0 Å². The maximum absolute atomic E-state index is 12.5. The molecule has 1 N–H and O–H groups in total. The number of nitrogens with zero attached hydrogens (tertiary/aromatic N) is 3. The zero-order chi connectivity index (χ0) is 14.2. The van der Waals surface area contributed by atoms with E-state index in [9.17, 15) is 9.59 Å². The van der Waals surface area contributed by atoms with E-state index in [-0.39, 0.29) is 17.4 Å². The van der Waals surface area contributed by atoms with Crippen LogP contribution in [-0.4, -0.2) is 79.5 Å². The molecule has 20 heavy (non-hydrogen) atoms. The smallest absolute Gasteiger partial charge is 0.320 e. The Balaban J connectivity index is 1.62. The number of hydrogen-bond acceptors (Lipinski definition) is 3. The van der Waals surface area contributed by atoms with Gasteiger partial charge in [0.05, 0.1) is 5.41 Å². The molecule has 0 aromatic heterocycles. The summed E-state index contributed by atoms with van der Waals surface area (Å²) >= 11 is 0. The molecule has 3 amide bonds. The quantitative estimate of drug-likeness (QED) is 0.677. The average molecular weight is 280 g/mol. The van der Waals surface area contributed by atoms with E-state index in [2.05, 4.69) is 17.3 Å². The summed E-state index contributed by atoms with van der Waals surface area (Å²) in [6, 6.07) is 0.119. The highest BCUT2D eigenvalue weighted by atomic mass is 16.2. The Kier molecular flexibility index (Phi) is 3.58. The molecule has 3 aliphatic heterocycles. The predicted molar refractivity (Wildman–Crippen MR) is 75.3 cm³/mol. The van der Waals surface area contributed by atoms with E-state index in [1.807, 2.05) is 9.80 Å². The van der Waals surface area contributed by atoms with Gasteiger partial charge in [-0.05, 0) is 26.3 Å². The Hall–Kier alpha value is -1.30. The van der Waals surface area contributed by atoms with E-state index >= 15 is 0 Å². The van der Waals surface area contributed by atoms with E-state index < -0.39 is 0 Å². The second-order valence-corrected chi connectivity index (χ2v) is 6.38. The van der Waals surface area contributed by atoms with Crippen LogP contribution >= 0.6 is 0 Å². The number of urea groups is 1. The standard InChI is InChI=1S/C14H24N4O2/c1-16-7-9-17(10-8-16)13(20)18-6-4-14(11-18)3-2-5-15-12(14)19/h2-11H2,1H3,(H,15,19). The van der Waals surface area contributed by atoms with Gasteiger partial charge in [0, 0.05) is 45.8 Å². The van der Waals surface area contributed by atoms with Crippen LogP contribution in [0.2, 0.25) is 0 Å². The van der Waals surface area contributed by atoms with Gasteiger partial charge in [-0.15, -0.1) is 0 Å². The molecular formula is C14H24N4O2. The third-order valence-electron chi connectivity index (χ3n) is 5.00. The first-order valence-electron chi connectivity index (χ1n) is 7.61. The highest BCUT2D eigenvalue weighted by Crippen LogP contribution is 2.37. The molecule has 3 saturated heterocycles. The number of hydrogen-bond donors (Lipinski definition) is 1. The first-order valence-corrected chi connectivity index (χ1v) is 7.61. The van der Waals surface area contributed by atoms with Crippen LogP contribution in [0.25, 0.3) is 0 Å². The Morgan fingerprint density at radius 2 is 1.85 bits per heavy atom. The van der Waals surface area contributed by atoms with Crippen LogP contribution in [0, 0.1) is 5.41 Å². The maximum Gasteiger partial charge on any atom is 0.320 e. The fourth-order valence-corrected chi connectivity index (χ4v) is 3.55. The van der Waals surface area contributed by atoms with E-state index in [0.29, 0.717) is 6.54 Å². The van der Waals surface area contributed by atoms with Crippen LogP contribution in [0.15, 0.2) is 0 Å². The molecule has 0 bridgehead atoms. The summed E-state index contributed by atoms with van der Waals surface area (Å²) in [5, 5.41) is 2.96. The zero-order valence-electron chi connectivity index (χ0n) is 12.2. The second kappa shape index (κ2) is 5.24. The van der Waals surface area contributed by atoms with Crippen molar-refractivity contribution in [2.45, 2.75) is 19.3 Å². The van der Waals surface area contributed by atoms with Crippen molar-refractivity contribution in [1.29, 1.82) is 0 Å². The lowest BCUT2D eigenvalue weighted by atomic mass is 9.79. The maximum atomic E-state index is 12.5. The predicted octanol–water partition coefficient (Wildman–Crippen LogP) is -0.0441. The normalized spacial score (nSPS) is 31.8. The first-order chi connectivity index (χ1) is 9.61. The Bertz CT molecular complexity index is 406. The molecule has 3 rings (SSSR count). The highest BCUT2D eigenvalue weighted by Gasteiger charge is 2.47.